The Morgan fingerprint density at radius 3 is 2.61 bits per heavy atom. The normalized spacial score (nSPS) is 12.8. The van der Waals surface area contributed by atoms with Crippen molar-refractivity contribution in [3.8, 4) is 0 Å². The highest BCUT2D eigenvalue weighted by Crippen LogP contribution is 2.22. The van der Waals surface area contributed by atoms with Gasteiger partial charge in [0.05, 0.1) is 0 Å². The average molecular weight is 253 g/mol. The summed E-state index contributed by atoms with van der Waals surface area (Å²) in [5, 5.41) is 2.97. The Hall–Kier alpha value is -1.16. The fraction of sp³-hybridized carbons (Fsp3) is 0.643. The van der Waals surface area contributed by atoms with E-state index in [-0.39, 0.29) is 11.9 Å². The first-order chi connectivity index (χ1) is 8.47. The third kappa shape index (κ3) is 3.67. The van der Waals surface area contributed by atoms with Gasteiger partial charge < -0.3 is 10.2 Å². The van der Waals surface area contributed by atoms with Crippen LogP contribution in [0.2, 0.25) is 0 Å². The third-order valence-electron chi connectivity index (χ3n) is 3.13. The Balaban J connectivity index is 2.91. The SMILES string of the molecule is CNCc1ccnc(N(C)C(C)CC(C)C)c1F. The standard InChI is InChI=1S/C14H24FN3/c1-10(2)8-11(3)18(5)14-13(15)12(9-16-4)6-7-17-14/h6-7,10-11,16H,8-9H2,1-5H3. The predicted octanol–water partition coefficient (Wildman–Crippen LogP) is 2.81. The van der Waals surface area contributed by atoms with Crippen LogP contribution in [-0.2, 0) is 6.54 Å². The van der Waals surface area contributed by atoms with E-state index in [0.29, 0.717) is 23.8 Å². The van der Waals surface area contributed by atoms with E-state index in [0.717, 1.165) is 6.42 Å². The van der Waals surface area contributed by atoms with E-state index in [9.17, 15) is 4.39 Å². The zero-order valence-corrected chi connectivity index (χ0v) is 12.0. The molecule has 3 nitrogen and oxygen atoms in total. The van der Waals surface area contributed by atoms with Crippen LogP contribution in [0.15, 0.2) is 12.3 Å². The smallest absolute Gasteiger partial charge is 0.170 e. The van der Waals surface area contributed by atoms with Crippen molar-refractivity contribution in [2.75, 3.05) is 19.0 Å². The van der Waals surface area contributed by atoms with Crippen molar-refractivity contribution in [2.24, 2.45) is 5.92 Å². The van der Waals surface area contributed by atoms with Crippen molar-refractivity contribution in [2.45, 2.75) is 39.8 Å². The zero-order valence-electron chi connectivity index (χ0n) is 12.0. The molecule has 0 fully saturated rings. The Kier molecular flexibility index (Phi) is 5.54. The first kappa shape index (κ1) is 14.9. The molecule has 0 saturated heterocycles. The maximum Gasteiger partial charge on any atom is 0.170 e. The zero-order chi connectivity index (χ0) is 13.7. The summed E-state index contributed by atoms with van der Waals surface area (Å²) in [5.74, 6) is 0.812. The van der Waals surface area contributed by atoms with E-state index >= 15 is 0 Å². The Bertz CT molecular complexity index is 379. The topological polar surface area (TPSA) is 28.2 Å². The van der Waals surface area contributed by atoms with Crippen molar-refractivity contribution in [1.82, 2.24) is 10.3 Å². The van der Waals surface area contributed by atoms with Crippen LogP contribution in [0.1, 0.15) is 32.8 Å². The van der Waals surface area contributed by atoms with Gasteiger partial charge in [0.25, 0.3) is 0 Å². The molecular formula is C14H24FN3. The molecule has 1 atom stereocenters. The predicted molar refractivity (Wildman–Crippen MR) is 74.3 cm³/mol. The number of halogens is 1. The number of hydrogen-bond donors (Lipinski definition) is 1. The Morgan fingerprint density at radius 1 is 1.39 bits per heavy atom. The van der Waals surface area contributed by atoms with Crippen LogP contribution in [-0.4, -0.2) is 25.1 Å². The first-order valence-electron chi connectivity index (χ1n) is 6.48. The summed E-state index contributed by atoms with van der Waals surface area (Å²) >= 11 is 0. The Morgan fingerprint density at radius 2 is 2.06 bits per heavy atom. The lowest BCUT2D eigenvalue weighted by molar-refractivity contribution is 0.493. The van der Waals surface area contributed by atoms with E-state index in [1.54, 1.807) is 12.3 Å². The number of aromatic nitrogens is 1. The van der Waals surface area contributed by atoms with Crippen molar-refractivity contribution in [3.05, 3.63) is 23.6 Å². The minimum Gasteiger partial charge on any atom is -0.355 e. The molecule has 0 aliphatic heterocycles. The van der Waals surface area contributed by atoms with E-state index in [1.807, 2.05) is 19.0 Å². The molecule has 0 spiro atoms. The lowest BCUT2D eigenvalue weighted by Crippen LogP contribution is -2.32. The largest absolute Gasteiger partial charge is 0.355 e. The van der Waals surface area contributed by atoms with Crippen molar-refractivity contribution in [3.63, 3.8) is 0 Å². The number of pyridine rings is 1. The lowest BCUT2D eigenvalue weighted by Gasteiger charge is -2.28. The van der Waals surface area contributed by atoms with Crippen LogP contribution >= 0.6 is 0 Å². The van der Waals surface area contributed by atoms with Gasteiger partial charge in [-0.1, -0.05) is 13.8 Å². The Labute approximate surface area is 109 Å². The summed E-state index contributed by atoms with van der Waals surface area (Å²) < 4.78 is 14.3. The lowest BCUT2D eigenvalue weighted by atomic mass is 10.0. The van der Waals surface area contributed by atoms with Crippen LogP contribution in [0.5, 0.6) is 0 Å². The molecule has 0 aliphatic rings. The van der Waals surface area contributed by atoms with Crippen LogP contribution in [0.3, 0.4) is 0 Å². The molecule has 0 radical (unpaired) electrons. The molecule has 0 amide bonds. The third-order valence-corrected chi connectivity index (χ3v) is 3.13. The number of rotatable bonds is 6. The first-order valence-corrected chi connectivity index (χ1v) is 6.48. The number of nitrogens with zero attached hydrogens (tertiary/aromatic N) is 2. The fourth-order valence-corrected chi connectivity index (χ4v) is 2.09. The van der Waals surface area contributed by atoms with Crippen LogP contribution in [0.4, 0.5) is 10.2 Å². The van der Waals surface area contributed by atoms with Crippen LogP contribution < -0.4 is 10.2 Å². The summed E-state index contributed by atoms with van der Waals surface area (Å²) in [6, 6.07) is 1.99. The maximum atomic E-state index is 14.3. The fourth-order valence-electron chi connectivity index (χ4n) is 2.09. The van der Waals surface area contributed by atoms with Gasteiger partial charge in [-0.05, 0) is 32.4 Å². The molecule has 1 rings (SSSR count). The van der Waals surface area contributed by atoms with E-state index in [1.165, 1.54) is 0 Å². The molecule has 0 aromatic carbocycles. The highest BCUT2D eigenvalue weighted by molar-refractivity contribution is 5.43. The second kappa shape index (κ2) is 6.69. The second-order valence-electron chi connectivity index (χ2n) is 5.23. The van der Waals surface area contributed by atoms with Gasteiger partial charge >= 0.3 is 0 Å². The van der Waals surface area contributed by atoms with Crippen molar-refractivity contribution < 1.29 is 4.39 Å². The summed E-state index contributed by atoms with van der Waals surface area (Å²) in [5.41, 5.74) is 0.658. The number of hydrogen-bond acceptors (Lipinski definition) is 3. The van der Waals surface area contributed by atoms with Crippen LogP contribution in [0.25, 0.3) is 0 Å². The highest BCUT2D eigenvalue weighted by atomic mass is 19.1. The van der Waals surface area contributed by atoms with Gasteiger partial charge in [-0.2, -0.15) is 0 Å². The molecule has 1 N–H and O–H groups in total. The molecule has 0 saturated carbocycles. The monoisotopic (exact) mass is 253 g/mol. The molecule has 1 aromatic rings. The minimum atomic E-state index is -0.218. The minimum absolute atomic E-state index is 0.218. The maximum absolute atomic E-state index is 14.3. The van der Waals surface area contributed by atoms with Crippen molar-refractivity contribution in [1.29, 1.82) is 0 Å². The van der Waals surface area contributed by atoms with Gasteiger partial charge in [0, 0.05) is 31.4 Å². The number of nitrogens with one attached hydrogen (secondary N) is 1. The molecule has 1 unspecified atom stereocenters. The number of anilines is 1. The molecule has 102 valence electrons. The van der Waals surface area contributed by atoms with Gasteiger partial charge in [0.2, 0.25) is 0 Å². The summed E-state index contributed by atoms with van der Waals surface area (Å²) in [6.07, 6.45) is 2.69. The second-order valence-corrected chi connectivity index (χ2v) is 5.23. The van der Waals surface area contributed by atoms with E-state index in [4.69, 9.17) is 0 Å². The van der Waals surface area contributed by atoms with Gasteiger partial charge in [-0.15, -0.1) is 0 Å². The van der Waals surface area contributed by atoms with Gasteiger partial charge in [-0.3, -0.25) is 0 Å². The summed E-state index contributed by atoms with van der Waals surface area (Å²) in [7, 11) is 3.71. The average Bonchev–Trinajstić information content (AvgIpc) is 2.30. The molecule has 0 aliphatic carbocycles. The summed E-state index contributed by atoms with van der Waals surface area (Å²) in [6.45, 7) is 6.97. The van der Waals surface area contributed by atoms with Crippen molar-refractivity contribution >= 4 is 5.82 Å². The highest BCUT2D eigenvalue weighted by Gasteiger charge is 2.18. The van der Waals surface area contributed by atoms with Crippen LogP contribution in [0, 0.1) is 11.7 Å². The summed E-state index contributed by atoms with van der Waals surface area (Å²) in [4.78, 5) is 6.10. The molecule has 0 bridgehead atoms. The van der Waals surface area contributed by atoms with E-state index in [2.05, 4.69) is 31.1 Å². The van der Waals surface area contributed by atoms with Gasteiger partial charge in [0.1, 0.15) is 0 Å². The van der Waals surface area contributed by atoms with Gasteiger partial charge in [-0.25, -0.2) is 9.37 Å². The molecule has 1 aromatic heterocycles. The molecule has 18 heavy (non-hydrogen) atoms. The quantitative estimate of drug-likeness (QED) is 0.845. The molecular weight excluding hydrogens is 229 g/mol. The van der Waals surface area contributed by atoms with Gasteiger partial charge in [0.15, 0.2) is 11.6 Å². The molecule has 4 heteroatoms. The van der Waals surface area contributed by atoms with E-state index < -0.39 is 0 Å². The molecule has 1 heterocycles.